The minimum Gasteiger partial charge on any atom is -0.343 e. The summed E-state index contributed by atoms with van der Waals surface area (Å²) in [6.07, 6.45) is 3.30. The standard InChI is InChI=1S/C18H15BrN4O2/c19-11-1-2-15-14(7-11)13(3-4-21-15)18(25)22-9-17(24)23-12(8-20)5-10-6-16(10)23/h1-4,7,10,12,16H,5-6,9H2,(H,22,25)/t10-,12+,16+/m1/s1. The first kappa shape index (κ1) is 16.0. The van der Waals surface area contributed by atoms with Crippen molar-refractivity contribution in [3.8, 4) is 6.07 Å². The van der Waals surface area contributed by atoms with Crippen LogP contribution in [0.1, 0.15) is 23.2 Å². The molecule has 2 aliphatic rings. The minimum absolute atomic E-state index is 0.0992. The van der Waals surface area contributed by atoms with Gasteiger partial charge in [-0.3, -0.25) is 14.6 Å². The van der Waals surface area contributed by atoms with Gasteiger partial charge in [-0.2, -0.15) is 5.26 Å². The molecule has 1 saturated carbocycles. The largest absolute Gasteiger partial charge is 0.343 e. The smallest absolute Gasteiger partial charge is 0.252 e. The summed E-state index contributed by atoms with van der Waals surface area (Å²) in [5, 5.41) is 12.6. The number of benzene rings is 1. The Morgan fingerprint density at radius 3 is 3.00 bits per heavy atom. The molecule has 1 N–H and O–H groups in total. The molecule has 4 rings (SSSR count). The van der Waals surface area contributed by atoms with Crippen molar-refractivity contribution in [2.75, 3.05) is 6.54 Å². The summed E-state index contributed by atoms with van der Waals surface area (Å²) in [6.45, 7) is -0.0992. The molecular weight excluding hydrogens is 384 g/mol. The molecule has 25 heavy (non-hydrogen) atoms. The van der Waals surface area contributed by atoms with E-state index in [0.29, 0.717) is 17.0 Å². The van der Waals surface area contributed by atoms with Crippen LogP contribution < -0.4 is 5.32 Å². The Morgan fingerprint density at radius 2 is 2.20 bits per heavy atom. The zero-order valence-electron chi connectivity index (χ0n) is 13.3. The molecule has 0 spiro atoms. The number of rotatable bonds is 3. The third-order valence-corrected chi connectivity index (χ3v) is 5.38. The predicted molar refractivity (Wildman–Crippen MR) is 94.5 cm³/mol. The van der Waals surface area contributed by atoms with Crippen LogP contribution in [-0.4, -0.2) is 40.3 Å². The van der Waals surface area contributed by atoms with Crippen molar-refractivity contribution >= 4 is 38.6 Å². The second-order valence-corrected chi connectivity index (χ2v) is 7.36. The number of carbonyl (C=O) groups excluding carboxylic acids is 2. The van der Waals surface area contributed by atoms with Gasteiger partial charge in [0.1, 0.15) is 6.04 Å². The van der Waals surface area contributed by atoms with Crippen molar-refractivity contribution < 1.29 is 9.59 Å². The SMILES string of the molecule is N#C[C@@H]1C[C@@H]2C[C@@H]2N1C(=O)CNC(=O)c1ccnc2ccc(Br)cc12. The van der Waals surface area contributed by atoms with Crippen molar-refractivity contribution in [2.24, 2.45) is 5.92 Å². The number of aromatic nitrogens is 1. The van der Waals surface area contributed by atoms with Crippen molar-refractivity contribution in [2.45, 2.75) is 24.9 Å². The average Bonchev–Trinajstić information content (AvgIpc) is 3.28. The third kappa shape index (κ3) is 2.87. The molecular formula is C18H15BrN4O2. The number of halogens is 1. The van der Waals surface area contributed by atoms with Crippen molar-refractivity contribution in [1.82, 2.24) is 15.2 Å². The summed E-state index contributed by atoms with van der Waals surface area (Å²) in [5.41, 5.74) is 1.19. The van der Waals surface area contributed by atoms with Crippen LogP contribution in [0.2, 0.25) is 0 Å². The Bertz CT molecular complexity index is 923. The van der Waals surface area contributed by atoms with Gasteiger partial charge in [0.2, 0.25) is 5.91 Å². The third-order valence-electron chi connectivity index (χ3n) is 4.89. The van der Waals surface area contributed by atoms with E-state index in [2.05, 4.69) is 32.3 Å². The molecule has 0 bridgehead atoms. The van der Waals surface area contributed by atoms with Crippen LogP contribution >= 0.6 is 15.9 Å². The Balaban J connectivity index is 1.49. The second kappa shape index (κ2) is 6.12. The van der Waals surface area contributed by atoms with E-state index in [1.165, 1.54) is 0 Å². The number of nitriles is 1. The van der Waals surface area contributed by atoms with Gasteiger partial charge in [-0.1, -0.05) is 15.9 Å². The van der Waals surface area contributed by atoms with Gasteiger partial charge in [-0.25, -0.2) is 0 Å². The number of amides is 2. The van der Waals surface area contributed by atoms with Crippen molar-refractivity contribution in [3.63, 3.8) is 0 Å². The van der Waals surface area contributed by atoms with Crippen LogP contribution in [0, 0.1) is 17.2 Å². The fourth-order valence-corrected chi connectivity index (χ4v) is 3.95. The van der Waals surface area contributed by atoms with Gasteiger partial charge in [-0.15, -0.1) is 0 Å². The lowest BCUT2D eigenvalue weighted by Crippen LogP contribution is -2.44. The van der Waals surface area contributed by atoms with E-state index in [-0.39, 0.29) is 30.4 Å². The van der Waals surface area contributed by atoms with E-state index in [4.69, 9.17) is 0 Å². The Labute approximate surface area is 152 Å². The lowest BCUT2D eigenvalue weighted by atomic mass is 10.1. The van der Waals surface area contributed by atoms with Crippen LogP contribution in [0.15, 0.2) is 34.9 Å². The Hall–Kier alpha value is -2.46. The molecule has 2 fully saturated rings. The van der Waals surface area contributed by atoms with Crippen LogP contribution in [0.4, 0.5) is 0 Å². The van der Waals surface area contributed by atoms with Gasteiger partial charge < -0.3 is 10.2 Å². The molecule has 7 heteroatoms. The van der Waals surface area contributed by atoms with Crippen LogP contribution in [0.3, 0.4) is 0 Å². The molecule has 6 nitrogen and oxygen atoms in total. The van der Waals surface area contributed by atoms with Gasteiger partial charge in [0.05, 0.1) is 23.7 Å². The summed E-state index contributed by atoms with van der Waals surface area (Å²) in [4.78, 5) is 30.9. The highest BCUT2D eigenvalue weighted by Gasteiger charge is 2.53. The molecule has 1 aliphatic carbocycles. The monoisotopic (exact) mass is 398 g/mol. The summed E-state index contributed by atoms with van der Waals surface area (Å²) in [5.74, 6) is -0.0471. The molecule has 3 atom stereocenters. The maximum atomic E-state index is 12.5. The maximum absolute atomic E-state index is 12.5. The highest BCUT2D eigenvalue weighted by atomic mass is 79.9. The topological polar surface area (TPSA) is 86.1 Å². The minimum atomic E-state index is -0.356. The van der Waals surface area contributed by atoms with Crippen LogP contribution in [-0.2, 0) is 4.79 Å². The van der Waals surface area contributed by atoms with E-state index in [1.54, 1.807) is 17.2 Å². The van der Waals surface area contributed by atoms with Gasteiger partial charge in [0.25, 0.3) is 5.91 Å². The Morgan fingerprint density at radius 1 is 1.36 bits per heavy atom. The zero-order valence-corrected chi connectivity index (χ0v) is 14.9. The highest BCUT2D eigenvalue weighted by molar-refractivity contribution is 9.10. The number of piperidine rings is 1. The summed E-state index contributed by atoms with van der Waals surface area (Å²) >= 11 is 3.40. The molecule has 1 saturated heterocycles. The molecule has 2 heterocycles. The van der Waals surface area contributed by atoms with Crippen molar-refractivity contribution in [1.29, 1.82) is 5.26 Å². The second-order valence-electron chi connectivity index (χ2n) is 6.45. The van der Waals surface area contributed by atoms with Crippen LogP contribution in [0.25, 0.3) is 10.9 Å². The quantitative estimate of drug-likeness (QED) is 0.858. The summed E-state index contributed by atoms with van der Waals surface area (Å²) < 4.78 is 0.854. The number of pyridine rings is 1. The van der Waals surface area contributed by atoms with Gasteiger partial charge >= 0.3 is 0 Å². The number of carbonyl (C=O) groups is 2. The summed E-state index contributed by atoms with van der Waals surface area (Å²) in [7, 11) is 0. The molecule has 2 aromatic rings. The molecule has 0 radical (unpaired) electrons. The average molecular weight is 399 g/mol. The first-order valence-electron chi connectivity index (χ1n) is 8.11. The van der Waals surface area contributed by atoms with E-state index in [9.17, 15) is 14.9 Å². The first-order chi connectivity index (χ1) is 12.1. The first-order valence-corrected chi connectivity index (χ1v) is 8.91. The van der Waals surface area contributed by atoms with E-state index in [0.717, 1.165) is 22.7 Å². The van der Waals surface area contributed by atoms with E-state index in [1.807, 2.05) is 18.2 Å². The molecule has 126 valence electrons. The number of hydrogen-bond acceptors (Lipinski definition) is 4. The van der Waals surface area contributed by atoms with Crippen LogP contribution in [0.5, 0.6) is 0 Å². The number of hydrogen-bond donors (Lipinski definition) is 1. The van der Waals surface area contributed by atoms with E-state index >= 15 is 0 Å². The van der Waals surface area contributed by atoms with Gasteiger partial charge in [-0.05, 0) is 43.0 Å². The van der Waals surface area contributed by atoms with Gasteiger partial charge in [0.15, 0.2) is 0 Å². The lowest BCUT2D eigenvalue weighted by Gasteiger charge is -2.22. The number of nitrogens with one attached hydrogen (secondary N) is 1. The number of likely N-dealkylation sites (tertiary alicyclic amines) is 1. The van der Waals surface area contributed by atoms with Crippen molar-refractivity contribution in [3.05, 3.63) is 40.5 Å². The normalized spacial score (nSPS) is 23.8. The predicted octanol–water partition coefficient (Wildman–Crippen LogP) is 2.24. The molecule has 1 aliphatic heterocycles. The number of nitrogens with zero attached hydrogens (tertiary/aromatic N) is 3. The lowest BCUT2D eigenvalue weighted by molar-refractivity contribution is -0.131. The van der Waals surface area contributed by atoms with E-state index < -0.39 is 0 Å². The van der Waals surface area contributed by atoms with Gasteiger partial charge in [0, 0.05) is 22.1 Å². The fraction of sp³-hybridized carbons (Fsp3) is 0.333. The molecule has 2 amide bonds. The molecule has 1 aromatic heterocycles. The Kier molecular flexibility index (Phi) is 3.92. The summed E-state index contributed by atoms with van der Waals surface area (Å²) in [6, 6.07) is 9.18. The zero-order chi connectivity index (χ0) is 17.6. The number of fused-ring (bicyclic) bond motifs is 2. The maximum Gasteiger partial charge on any atom is 0.252 e. The molecule has 0 unspecified atom stereocenters. The molecule has 1 aromatic carbocycles. The fourth-order valence-electron chi connectivity index (χ4n) is 3.59. The highest BCUT2D eigenvalue weighted by Crippen LogP contribution is 2.47.